The number of carbonyl (C=O) groups is 1. The van der Waals surface area contributed by atoms with Gasteiger partial charge in [-0.1, -0.05) is 54.6 Å². The van der Waals surface area contributed by atoms with Crippen molar-refractivity contribution in [2.45, 2.75) is 0 Å². The number of aliphatic imine (C=N–C) groups is 2. The first kappa shape index (κ1) is 23.2. The van der Waals surface area contributed by atoms with Crippen LogP contribution in [0.1, 0.15) is 16.8 Å². The molecule has 0 atom stereocenters. The van der Waals surface area contributed by atoms with Gasteiger partial charge in [0.15, 0.2) is 0 Å². The van der Waals surface area contributed by atoms with E-state index in [1.807, 2.05) is 30.3 Å². The van der Waals surface area contributed by atoms with Crippen LogP contribution in [0, 0.1) is 0 Å². The number of carbonyl (C=O) groups excluding carboxylic acids is 1. The molecule has 0 radical (unpaired) electrons. The number of nitrogens with zero attached hydrogens (tertiary/aromatic N) is 3. The molecule has 0 N–H and O–H groups in total. The summed E-state index contributed by atoms with van der Waals surface area (Å²) in [6.07, 6.45) is 2.67. The second-order valence-electron chi connectivity index (χ2n) is 5.76. The van der Waals surface area contributed by atoms with Crippen molar-refractivity contribution in [3.63, 3.8) is 0 Å². The van der Waals surface area contributed by atoms with Crippen LogP contribution in [0.2, 0.25) is 0 Å². The Kier molecular flexibility index (Phi) is 8.65. The molecule has 3 aromatic rings. The molecule has 0 bridgehead atoms. The van der Waals surface area contributed by atoms with Crippen molar-refractivity contribution in [3.8, 4) is 0 Å². The maximum absolute atomic E-state index is 12.5. The van der Waals surface area contributed by atoms with Gasteiger partial charge in [-0.05, 0) is 34.1 Å². The number of rotatable bonds is 6. The zero-order valence-corrected chi connectivity index (χ0v) is 17.9. The summed E-state index contributed by atoms with van der Waals surface area (Å²) in [4.78, 5) is 23.5. The Morgan fingerprint density at radius 1 is 0.933 bits per heavy atom. The van der Waals surface area contributed by atoms with Crippen molar-refractivity contribution in [2.24, 2.45) is 9.98 Å². The number of benzene rings is 2. The quantitative estimate of drug-likeness (QED) is 0.222. The molecule has 152 valence electrons. The van der Waals surface area contributed by atoms with E-state index in [0.29, 0.717) is 17.0 Å². The Hall–Kier alpha value is -3.09. The second kappa shape index (κ2) is 11.2. The first-order valence-electron chi connectivity index (χ1n) is 8.53. The molecular weight excluding hydrogens is 493 g/mol. The van der Waals surface area contributed by atoms with Gasteiger partial charge in [-0.15, -0.1) is 0 Å². The molecule has 1 heterocycles. The van der Waals surface area contributed by atoms with E-state index >= 15 is 0 Å². The maximum atomic E-state index is 12.5. The van der Waals surface area contributed by atoms with E-state index in [-0.39, 0.29) is 26.7 Å². The van der Waals surface area contributed by atoms with Crippen LogP contribution in [0.5, 0.6) is 0 Å². The van der Waals surface area contributed by atoms with Gasteiger partial charge in [0.1, 0.15) is 0 Å². The van der Waals surface area contributed by atoms with Crippen LogP contribution in [0.15, 0.2) is 99.7 Å². The van der Waals surface area contributed by atoms with Crippen molar-refractivity contribution in [3.05, 3.63) is 106 Å². The molecule has 0 amide bonds. The van der Waals surface area contributed by atoms with Crippen LogP contribution in [-0.2, 0) is 21.3 Å². The molecule has 30 heavy (non-hydrogen) atoms. The Balaban J connectivity index is 0.00000320. The Bertz CT molecular complexity index is 1100. The topological polar surface area (TPSA) is 101 Å². The standard InChI is InChI=1S/C22H16BrN3O3.Ni/c23-17(22(28)29)14-25-20(15-8-2-1-3-9-15)16-10-4-5-11-18(16)26-21(27)19-12-6-7-13-24-19;/h1-14H,(H,26,27)(H,28,29);/q;+2/p-2/b17-14+,25-20?;. The van der Waals surface area contributed by atoms with E-state index < -0.39 is 11.9 Å². The molecule has 3 rings (SSSR count). The third-order valence-electron chi connectivity index (χ3n) is 3.81. The van der Waals surface area contributed by atoms with Gasteiger partial charge in [0, 0.05) is 29.4 Å². The molecule has 0 aliphatic carbocycles. The number of aliphatic carboxylic acids is 1. The summed E-state index contributed by atoms with van der Waals surface area (Å²) in [7, 11) is 0. The summed E-state index contributed by atoms with van der Waals surface area (Å²) in [6, 6.07) is 21.2. The number of hydrogen-bond donors (Lipinski definition) is 0. The zero-order chi connectivity index (χ0) is 20.6. The summed E-state index contributed by atoms with van der Waals surface area (Å²) >= 11 is 2.91. The van der Waals surface area contributed by atoms with Crippen molar-refractivity contribution >= 4 is 39.2 Å². The molecule has 0 aliphatic rings. The van der Waals surface area contributed by atoms with E-state index in [9.17, 15) is 15.0 Å². The molecule has 0 fully saturated rings. The molecular formula is C22H14BrN3NiO3. The Morgan fingerprint density at radius 2 is 1.60 bits per heavy atom. The summed E-state index contributed by atoms with van der Waals surface area (Å²) in [5.74, 6) is -1.87. The van der Waals surface area contributed by atoms with E-state index in [0.717, 1.165) is 11.8 Å². The van der Waals surface area contributed by atoms with Crippen LogP contribution < -0.4 is 10.2 Å². The summed E-state index contributed by atoms with van der Waals surface area (Å²) in [5.41, 5.74) is 2.37. The summed E-state index contributed by atoms with van der Waals surface area (Å²) in [6.45, 7) is 0. The van der Waals surface area contributed by atoms with Crippen LogP contribution in [0.3, 0.4) is 0 Å². The minimum Gasteiger partial charge on any atom is -0.857 e. The average molecular weight is 507 g/mol. The van der Waals surface area contributed by atoms with E-state index in [2.05, 4.69) is 30.9 Å². The third-order valence-corrected chi connectivity index (χ3v) is 4.34. The van der Waals surface area contributed by atoms with Gasteiger partial charge in [0.25, 0.3) is 0 Å². The van der Waals surface area contributed by atoms with E-state index in [1.54, 1.807) is 42.5 Å². The van der Waals surface area contributed by atoms with Gasteiger partial charge < -0.3 is 15.0 Å². The number of para-hydroxylation sites is 1. The normalized spacial score (nSPS) is 12.2. The number of carboxylic acids is 1. The minimum absolute atomic E-state index is 0. The molecule has 0 saturated heterocycles. The van der Waals surface area contributed by atoms with Gasteiger partial charge in [-0.25, -0.2) is 0 Å². The van der Waals surface area contributed by atoms with Crippen LogP contribution in [0.25, 0.3) is 0 Å². The minimum atomic E-state index is -1.38. The van der Waals surface area contributed by atoms with Gasteiger partial charge in [-0.3, -0.25) is 15.0 Å². The largest absolute Gasteiger partial charge is 2.00 e. The third kappa shape index (κ3) is 5.95. The fourth-order valence-corrected chi connectivity index (χ4v) is 2.60. The van der Waals surface area contributed by atoms with Gasteiger partial charge in [-0.2, -0.15) is 0 Å². The molecule has 2 aromatic carbocycles. The number of halogens is 1. The Morgan fingerprint density at radius 3 is 2.27 bits per heavy atom. The molecule has 0 spiro atoms. The molecule has 0 aliphatic heterocycles. The number of aromatic nitrogens is 1. The van der Waals surface area contributed by atoms with Crippen molar-refractivity contribution in [1.29, 1.82) is 0 Å². The summed E-state index contributed by atoms with van der Waals surface area (Å²) in [5, 5.41) is 23.5. The number of pyridine rings is 1. The molecule has 8 heteroatoms. The van der Waals surface area contributed by atoms with Crippen LogP contribution >= 0.6 is 15.9 Å². The van der Waals surface area contributed by atoms with Crippen LogP contribution in [0.4, 0.5) is 5.69 Å². The predicted octanol–water partition coefficient (Wildman–Crippen LogP) is 2.34. The van der Waals surface area contributed by atoms with Gasteiger partial charge in [0.05, 0.1) is 27.5 Å². The van der Waals surface area contributed by atoms with Crippen molar-refractivity contribution in [2.75, 3.05) is 0 Å². The molecule has 0 saturated carbocycles. The number of hydrogen-bond acceptors (Lipinski definition) is 6. The first-order valence-corrected chi connectivity index (χ1v) is 9.32. The maximum Gasteiger partial charge on any atom is 2.00 e. The molecule has 0 unspecified atom stereocenters. The smallest absolute Gasteiger partial charge is 0.857 e. The molecule has 1 aromatic heterocycles. The van der Waals surface area contributed by atoms with E-state index in [4.69, 9.17) is 0 Å². The number of carboxylic acid groups (broad SMARTS) is 1. The van der Waals surface area contributed by atoms with Crippen LogP contribution in [-0.4, -0.2) is 22.6 Å². The molecule has 6 nitrogen and oxygen atoms in total. The van der Waals surface area contributed by atoms with Crippen molar-refractivity contribution in [1.82, 2.24) is 4.98 Å². The zero-order valence-electron chi connectivity index (χ0n) is 15.3. The summed E-state index contributed by atoms with van der Waals surface area (Å²) < 4.78 is -0.204. The van der Waals surface area contributed by atoms with Crippen molar-refractivity contribution < 1.29 is 31.5 Å². The Labute approximate surface area is 191 Å². The van der Waals surface area contributed by atoms with E-state index in [1.165, 1.54) is 6.20 Å². The van der Waals surface area contributed by atoms with Gasteiger partial charge >= 0.3 is 16.5 Å². The second-order valence-corrected chi connectivity index (χ2v) is 6.61. The fourth-order valence-electron chi connectivity index (χ4n) is 2.50. The average Bonchev–Trinajstić information content (AvgIpc) is 2.76. The fraction of sp³-hybridized carbons (Fsp3) is 0. The SMILES string of the molecule is O=C([O-])/C(Br)=C\N=C(c1ccccc1)c1ccccc1N=C([O-])c1ccccn1.[Ni+2]. The van der Waals surface area contributed by atoms with Gasteiger partial charge in [0.2, 0.25) is 0 Å². The monoisotopic (exact) mass is 505 g/mol. The predicted molar refractivity (Wildman–Crippen MR) is 111 cm³/mol. The first-order chi connectivity index (χ1) is 14.1.